The van der Waals surface area contributed by atoms with Gasteiger partial charge in [0.15, 0.2) is 5.60 Å². The SMILES string of the molecule is C#C[C@@](/C=C/Cl)(CC)OC(N)=O. The highest BCUT2D eigenvalue weighted by Crippen LogP contribution is 2.17. The van der Waals surface area contributed by atoms with Crippen molar-refractivity contribution in [2.75, 3.05) is 0 Å². The number of primary amides is 1. The Morgan fingerprint density at radius 3 is 2.75 bits per heavy atom. The normalized spacial score (nSPS) is 15.1. The van der Waals surface area contributed by atoms with Crippen molar-refractivity contribution in [2.45, 2.75) is 18.9 Å². The van der Waals surface area contributed by atoms with Gasteiger partial charge in [-0.15, -0.1) is 6.42 Å². The topological polar surface area (TPSA) is 52.3 Å². The lowest BCUT2D eigenvalue weighted by molar-refractivity contribution is 0.0902. The maximum absolute atomic E-state index is 10.4. The summed E-state index contributed by atoms with van der Waals surface area (Å²) in [4.78, 5) is 10.4. The molecular weight excluding hydrogens is 178 g/mol. The Balaban J connectivity index is 4.60. The van der Waals surface area contributed by atoms with E-state index < -0.39 is 11.7 Å². The Bertz CT molecular complexity index is 232. The largest absolute Gasteiger partial charge is 0.426 e. The highest BCUT2D eigenvalue weighted by Gasteiger charge is 2.25. The van der Waals surface area contributed by atoms with Crippen LogP contribution < -0.4 is 5.73 Å². The van der Waals surface area contributed by atoms with Crippen molar-refractivity contribution < 1.29 is 9.53 Å². The molecule has 0 aliphatic rings. The predicted octanol–water partition coefficient (Wildman–Crippen LogP) is 1.62. The van der Waals surface area contributed by atoms with Gasteiger partial charge < -0.3 is 10.5 Å². The first-order chi connectivity index (χ1) is 5.60. The van der Waals surface area contributed by atoms with Gasteiger partial charge in [-0.1, -0.05) is 24.4 Å². The van der Waals surface area contributed by atoms with E-state index in [9.17, 15) is 4.79 Å². The second-order valence-corrected chi connectivity index (χ2v) is 2.35. The molecule has 0 aliphatic carbocycles. The molecule has 2 N–H and O–H groups in total. The molecular formula is C8H10ClNO2. The number of terminal acetylenes is 1. The Morgan fingerprint density at radius 2 is 2.50 bits per heavy atom. The summed E-state index contributed by atoms with van der Waals surface area (Å²) in [5.74, 6) is 2.30. The Hall–Kier alpha value is -1.14. The molecule has 66 valence electrons. The molecule has 0 fully saturated rings. The van der Waals surface area contributed by atoms with Crippen molar-refractivity contribution >= 4 is 17.7 Å². The lowest BCUT2D eigenvalue weighted by Gasteiger charge is -2.21. The number of hydrogen-bond acceptors (Lipinski definition) is 2. The third kappa shape index (κ3) is 2.85. The van der Waals surface area contributed by atoms with Crippen LogP contribution in [0, 0.1) is 12.3 Å². The molecule has 1 amide bonds. The van der Waals surface area contributed by atoms with Gasteiger partial charge in [-0.05, 0) is 12.5 Å². The summed E-state index contributed by atoms with van der Waals surface area (Å²) in [7, 11) is 0. The van der Waals surface area contributed by atoms with Crippen molar-refractivity contribution in [3.05, 3.63) is 11.6 Å². The summed E-state index contributed by atoms with van der Waals surface area (Å²) in [6.45, 7) is 1.76. The fourth-order valence-corrected chi connectivity index (χ4v) is 0.888. The Morgan fingerprint density at radius 1 is 1.92 bits per heavy atom. The molecule has 0 aromatic rings. The average molecular weight is 188 g/mol. The number of ether oxygens (including phenoxy) is 1. The van der Waals surface area contributed by atoms with Gasteiger partial charge in [-0.25, -0.2) is 4.79 Å². The van der Waals surface area contributed by atoms with Crippen LogP contribution in [-0.4, -0.2) is 11.7 Å². The Kier molecular flexibility index (Phi) is 4.24. The zero-order valence-electron chi connectivity index (χ0n) is 6.71. The average Bonchev–Trinajstić information content (AvgIpc) is 2.03. The molecule has 0 aliphatic heterocycles. The minimum Gasteiger partial charge on any atom is -0.426 e. The van der Waals surface area contributed by atoms with E-state index in [0.29, 0.717) is 6.42 Å². The van der Waals surface area contributed by atoms with E-state index >= 15 is 0 Å². The number of hydrogen-bond donors (Lipinski definition) is 1. The standard InChI is InChI=1S/C8H10ClNO2/c1-3-8(4-2,5-6-9)12-7(10)11/h1,5-6H,4H2,2H3,(H2,10,11)/b6-5+/t8-/m0/s1. The zero-order valence-corrected chi connectivity index (χ0v) is 7.47. The van der Waals surface area contributed by atoms with Crippen LogP contribution >= 0.6 is 11.6 Å². The minimum atomic E-state index is -1.10. The van der Waals surface area contributed by atoms with E-state index in [1.807, 2.05) is 0 Å². The van der Waals surface area contributed by atoms with E-state index in [-0.39, 0.29) is 0 Å². The second kappa shape index (κ2) is 4.68. The van der Waals surface area contributed by atoms with Gasteiger partial charge >= 0.3 is 6.09 Å². The number of rotatable bonds is 3. The van der Waals surface area contributed by atoms with Crippen molar-refractivity contribution in [3.63, 3.8) is 0 Å². The molecule has 0 saturated carbocycles. The molecule has 0 aromatic carbocycles. The van der Waals surface area contributed by atoms with Crippen molar-refractivity contribution in [1.82, 2.24) is 0 Å². The van der Waals surface area contributed by atoms with Crippen LogP contribution in [0.5, 0.6) is 0 Å². The summed E-state index contributed by atoms with van der Waals surface area (Å²) >= 11 is 5.32. The highest BCUT2D eigenvalue weighted by molar-refractivity contribution is 6.25. The highest BCUT2D eigenvalue weighted by atomic mass is 35.5. The van der Waals surface area contributed by atoms with E-state index in [4.69, 9.17) is 28.5 Å². The molecule has 1 atom stereocenters. The molecule has 12 heavy (non-hydrogen) atoms. The minimum absolute atomic E-state index is 0.426. The number of nitrogens with two attached hydrogens (primary N) is 1. The van der Waals surface area contributed by atoms with Crippen LogP contribution in [0.15, 0.2) is 11.6 Å². The molecule has 0 bridgehead atoms. The van der Waals surface area contributed by atoms with Crippen LogP contribution in [0.2, 0.25) is 0 Å². The number of carbonyl (C=O) groups excluding carboxylic acids is 1. The fourth-order valence-electron chi connectivity index (χ4n) is 0.685. The van der Waals surface area contributed by atoms with Crippen molar-refractivity contribution in [1.29, 1.82) is 0 Å². The van der Waals surface area contributed by atoms with E-state index in [1.165, 1.54) is 11.6 Å². The van der Waals surface area contributed by atoms with Gasteiger partial charge in [-0.2, -0.15) is 0 Å². The first-order valence-electron chi connectivity index (χ1n) is 3.34. The van der Waals surface area contributed by atoms with Gasteiger partial charge in [0.2, 0.25) is 0 Å². The first-order valence-corrected chi connectivity index (χ1v) is 3.78. The maximum Gasteiger partial charge on any atom is 0.406 e. The number of carbonyl (C=O) groups is 1. The van der Waals surface area contributed by atoms with Crippen LogP contribution in [-0.2, 0) is 4.74 Å². The van der Waals surface area contributed by atoms with Crippen LogP contribution in [0.1, 0.15) is 13.3 Å². The maximum atomic E-state index is 10.4. The molecule has 3 nitrogen and oxygen atoms in total. The summed E-state index contributed by atoms with van der Waals surface area (Å²) < 4.78 is 4.71. The molecule has 0 unspecified atom stereocenters. The van der Waals surface area contributed by atoms with Crippen LogP contribution in [0.25, 0.3) is 0 Å². The lowest BCUT2D eigenvalue weighted by Crippen LogP contribution is -2.33. The summed E-state index contributed by atoms with van der Waals surface area (Å²) in [5, 5.41) is 0. The zero-order chi connectivity index (χ0) is 9.61. The molecule has 4 heteroatoms. The van der Waals surface area contributed by atoms with E-state index in [2.05, 4.69) is 5.92 Å². The Labute approximate surface area is 76.5 Å². The van der Waals surface area contributed by atoms with E-state index in [1.54, 1.807) is 6.92 Å². The van der Waals surface area contributed by atoms with Crippen molar-refractivity contribution in [3.8, 4) is 12.3 Å². The lowest BCUT2D eigenvalue weighted by atomic mass is 10.0. The van der Waals surface area contributed by atoms with Gasteiger partial charge in [0.25, 0.3) is 0 Å². The van der Waals surface area contributed by atoms with E-state index in [0.717, 1.165) is 0 Å². The van der Waals surface area contributed by atoms with Gasteiger partial charge in [0, 0.05) is 5.54 Å². The molecule has 0 aromatic heterocycles. The monoisotopic (exact) mass is 187 g/mol. The predicted molar refractivity (Wildman–Crippen MR) is 47.5 cm³/mol. The molecule has 0 spiro atoms. The third-order valence-electron chi connectivity index (χ3n) is 1.38. The molecule has 0 rings (SSSR count). The number of halogens is 1. The first kappa shape index (κ1) is 10.9. The summed E-state index contributed by atoms with van der Waals surface area (Å²) in [6.07, 6.45) is 6.08. The molecule has 0 radical (unpaired) electrons. The smallest absolute Gasteiger partial charge is 0.406 e. The van der Waals surface area contributed by atoms with Crippen LogP contribution in [0.4, 0.5) is 4.79 Å². The van der Waals surface area contributed by atoms with Crippen molar-refractivity contribution in [2.24, 2.45) is 5.73 Å². The molecule has 0 heterocycles. The van der Waals surface area contributed by atoms with Crippen LogP contribution in [0.3, 0.4) is 0 Å². The molecule has 0 saturated heterocycles. The summed E-state index contributed by atoms with van der Waals surface area (Å²) in [5.41, 5.74) is 4.92. The summed E-state index contributed by atoms with van der Waals surface area (Å²) in [6, 6.07) is 0. The van der Waals surface area contributed by atoms with Gasteiger partial charge in [0.05, 0.1) is 0 Å². The number of amides is 1. The van der Waals surface area contributed by atoms with Gasteiger partial charge in [-0.3, -0.25) is 0 Å². The quantitative estimate of drug-likeness (QED) is 0.683. The third-order valence-corrected chi connectivity index (χ3v) is 1.51. The second-order valence-electron chi connectivity index (χ2n) is 2.10. The fraction of sp³-hybridized carbons (Fsp3) is 0.375. The van der Waals surface area contributed by atoms with Gasteiger partial charge in [0.1, 0.15) is 0 Å².